The fourth-order valence-electron chi connectivity index (χ4n) is 8.99. The molecule has 0 aromatic carbocycles. The molecule has 2 heterocycles. The van der Waals surface area contributed by atoms with E-state index in [0.29, 0.717) is 25.1 Å². The van der Waals surface area contributed by atoms with Crippen LogP contribution in [-0.2, 0) is 47.4 Å². The fraction of sp³-hybridized carbons (Fsp3) is 0.852. The molecular weight excluding hydrogens is 1050 g/mol. The molecule has 2 aliphatic heterocycles. The molecule has 460 valence electrons. The molecule has 4 aliphatic rings. The smallest absolute Gasteiger partial charge is 0.410 e. The van der Waals surface area contributed by atoms with Crippen molar-refractivity contribution in [1.82, 2.24) is 36.4 Å². The maximum absolute atomic E-state index is 14.2. The number of rotatable bonds is 20. The Kier molecular flexibility index (Phi) is 23.5. The summed E-state index contributed by atoms with van der Waals surface area (Å²) < 4.78 is 53.1. The number of alkyl carbamates (subject to hydrolysis) is 3. The van der Waals surface area contributed by atoms with Gasteiger partial charge in [0.05, 0.1) is 43.9 Å². The largest absolute Gasteiger partial charge is 0.466 e. The van der Waals surface area contributed by atoms with Gasteiger partial charge in [0.15, 0.2) is 6.29 Å². The van der Waals surface area contributed by atoms with E-state index in [4.69, 9.17) is 42.6 Å². The Morgan fingerprint density at radius 3 is 1.75 bits per heavy atom. The number of amides is 6. The van der Waals surface area contributed by atoms with Gasteiger partial charge in [-0.15, -0.1) is 0 Å². The van der Waals surface area contributed by atoms with E-state index in [1.54, 1.807) is 110 Å². The van der Waals surface area contributed by atoms with Gasteiger partial charge >= 0.3 is 30.5 Å². The maximum Gasteiger partial charge on any atom is 0.410 e. The predicted octanol–water partition coefficient (Wildman–Crippen LogP) is 3.50. The summed E-state index contributed by atoms with van der Waals surface area (Å²) in [6.07, 6.45) is -12.4. The van der Waals surface area contributed by atoms with Crippen LogP contribution in [0, 0.1) is 11.8 Å². The van der Waals surface area contributed by atoms with Crippen LogP contribution in [0.2, 0.25) is 0 Å². The van der Waals surface area contributed by atoms with Gasteiger partial charge in [-0.05, 0) is 155 Å². The van der Waals surface area contributed by atoms with Gasteiger partial charge in [-0.1, -0.05) is 0 Å². The zero-order valence-electron chi connectivity index (χ0n) is 50.0. The number of carbonyl (C=O) groups is 6. The molecule has 1 saturated heterocycles. The van der Waals surface area contributed by atoms with Crippen LogP contribution in [0.4, 0.5) is 24.0 Å². The van der Waals surface area contributed by atoms with Crippen LogP contribution in [0.5, 0.6) is 0 Å². The van der Waals surface area contributed by atoms with Crippen LogP contribution in [0.25, 0.3) is 0 Å². The first-order valence-electron chi connectivity index (χ1n) is 27.6. The predicted molar refractivity (Wildman–Crippen MR) is 289 cm³/mol. The van der Waals surface area contributed by atoms with Crippen LogP contribution in [-0.4, -0.2) is 214 Å². The zero-order chi connectivity index (χ0) is 60.5. The van der Waals surface area contributed by atoms with E-state index >= 15 is 0 Å². The molecule has 3 fully saturated rings. The molecule has 0 bridgehead atoms. The monoisotopic (exact) mass is 1150 g/mol. The Morgan fingerprint density at radius 2 is 1.23 bits per heavy atom. The van der Waals surface area contributed by atoms with Gasteiger partial charge in [-0.25, -0.2) is 24.0 Å². The van der Waals surface area contributed by atoms with Crippen LogP contribution in [0.3, 0.4) is 0 Å². The van der Waals surface area contributed by atoms with Crippen molar-refractivity contribution in [3.63, 3.8) is 0 Å². The minimum Gasteiger partial charge on any atom is -0.466 e. The van der Waals surface area contributed by atoms with Crippen molar-refractivity contribution in [2.75, 3.05) is 46.4 Å². The Bertz CT molecular complexity index is 2100. The second-order valence-electron chi connectivity index (χ2n) is 26.1. The topological polar surface area (TPSA) is 333 Å². The number of likely N-dealkylation sites (tertiary alicyclic amines) is 1. The molecule has 26 heteroatoms. The lowest BCUT2D eigenvalue weighted by Gasteiger charge is -2.48. The molecule has 0 radical (unpaired) electrons. The summed E-state index contributed by atoms with van der Waals surface area (Å²) in [6.45, 7) is 26.7. The third kappa shape index (κ3) is 22.1. The minimum absolute atomic E-state index is 0.0258. The van der Waals surface area contributed by atoms with Gasteiger partial charge in [-0.3, -0.25) is 4.79 Å². The minimum atomic E-state index is -1.91. The molecule has 0 aromatic rings. The maximum atomic E-state index is 14.2. The molecule has 26 nitrogen and oxygen atoms in total. The molecule has 2 aliphatic carbocycles. The van der Waals surface area contributed by atoms with Gasteiger partial charge < -0.3 is 99.4 Å². The summed E-state index contributed by atoms with van der Waals surface area (Å²) in [5.74, 6) is -1.06. The average molecular weight is 1150 g/mol. The van der Waals surface area contributed by atoms with E-state index in [2.05, 4.69) is 26.6 Å². The molecule has 6 amide bonds. The molecule has 2 saturated carbocycles. The van der Waals surface area contributed by atoms with E-state index in [1.807, 2.05) is 0 Å². The van der Waals surface area contributed by atoms with Crippen molar-refractivity contribution >= 4 is 36.4 Å². The standard InChI is InChI=1S/C54H95N7O19/c1-29(60(17)48(70)79-53(11,12)13)37(63)44(72-21-20-62)75-40-35(57-42(66)38(64)31-27-61(28-31)49(71)80-54(14,15)16)24-36(59-47(69)78-52(8,9)10)41(39(40)65)74-43-34(58-46(68)77-51(5,6)7)19-18-33(73-43)26-55-25-30-22-32(23-30)56-45(67)76-50(2,3)4/h18,29-32,34-41,43-44,55,62-65H,19-28H2,1-17H3,(H,56,67)(H,57,66)(H,58,68)(H,59,69)/t29-,30-,32-,34+,35+,36-,37+,38?,39+,40-,41+,43+,44+/m0/s1. The van der Waals surface area contributed by atoms with Crippen LogP contribution in [0.1, 0.15) is 136 Å². The number of likely N-dealkylation sites (N-methyl/N-ethyl adjacent to an activating group) is 1. The normalized spacial score (nSPS) is 26.2. The van der Waals surface area contributed by atoms with E-state index in [0.717, 1.165) is 4.90 Å². The first kappa shape index (κ1) is 67.5. The van der Waals surface area contributed by atoms with Gasteiger partial charge in [0.2, 0.25) is 12.2 Å². The number of aliphatic hydroxyl groups is 4. The third-order valence-electron chi connectivity index (χ3n) is 12.9. The highest BCUT2D eigenvalue weighted by Gasteiger charge is 2.52. The van der Waals surface area contributed by atoms with E-state index in [-0.39, 0.29) is 44.4 Å². The Morgan fingerprint density at radius 1 is 0.713 bits per heavy atom. The molecular formula is C54H95N7O19. The van der Waals surface area contributed by atoms with Gasteiger partial charge in [-0.2, -0.15) is 0 Å². The molecule has 80 heavy (non-hydrogen) atoms. The van der Waals surface area contributed by atoms with Gasteiger partial charge in [0.25, 0.3) is 0 Å². The van der Waals surface area contributed by atoms with Crippen molar-refractivity contribution in [2.45, 2.75) is 238 Å². The highest BCUT2D eigenvalue weighted by Crippen LogP contribution is 2.33. The number of ether oxygens (including phenoxy) is 9. The number of nitrogens with one attached hydrogen (secondary N) is 5. The average Bonchev–Trinajstić information content (AvgIpc) is 3.25. The van der Waals surface area contributed by atoms with Crippen molar-refractivity contribution in [3.05, 3.63) is 11.8 Å². The number of nitrogens with zero attached hydrogens (tertiary/aromatic N) is 2. The SMILES string of the molecule is C[C@@H]([C@@H](O)[C@H](OCCO)O[C@@H]1[C@@H](O)[C@H](O[C@H]2OC(CNC[C@H]3C[C@H](NC(=O)OC(C)(C)C)C3)=CC[C@H]2NC(=O)OC(C)(C)C)[C@@H](NC(=O)OC(C)(C)C)C[C@H]1NC(=O)C(O)C1CN(C(=O)OC(C)(C)C)C1)N(C)C(=O)OC(C)(C)C. The second-order valence-corrected chi connectivity index (χ2v) is 26.1. The van der Waals surface area contributed by atoms with Crippen molar-refractivity contribution in [2.24, 2.45) is 11.8 Å². The summed E-state index contributed by atoms with van der Waals surface area (Å²) in [6, 6.07) is -4.76. The fourth-order valence-corrected chi connectivity index (χ4v) is 8.99. The highest BCUT2D eigenvalue weighted by atomic mass is 16.7. The lowest BCUT2D eigenvalue weighted by Crippen LogP contribution is -2.69. The van der Waals surface area contributed by atoms with E-state index in [1.165, 1.54) is 18.9 Å². The van der Waals surface area contributed by atoms with E-state index < -0.39 is 151 Å². The summed E-state index contributed by atoms with van der Waals surface area (Å²) in [7, 11) is 1.38. The molecule has 9 N–H and O–H groups in total. The van der Waals surface area contributed by atoms with Gasteiger partial charge in [0.1, 0.15) is 64.3 Å². The van der Waals surface area contributed by atoms with Crippen molar-refractivity contribution in [1.29, 1.82) is 0 Å². The zero-order valence-corrected chi connectivity index (χ0v) is 50.0. The number of hydrogen-bond acceptors (Lipinski definition) is 20. The Labute approximate surface area is 471 Å². The third-order valence-corrected chi connectivity index (χ3v) is 12.9. The van der Waals surface area contributed by atoms with Crippen LogP contribution in [0.15, 0.2) is 11.8 Å². The Balaban J connectivity index is 1.71. The summed E-state index contributed by atoms with van der Waals surface area (Å²) >= 11 is 0. The van der Waals surface area contributed by atoms with E-state index in [9.17, 15) is 49.2 Å². The number of aliphatic hydroxyl groups excluding tert-OH is 4. The summed E-state index contributed by atoms with van der Waals surface area (Å²) in [4.78, 5) is 82.1. The molecule has 11 atom stereocenters. The van der Waals surface area contributed by atoms with Crippen LogP contribution >= 0.6 is 0 Å². The molecule has 0 aromatic heterocycles. The highest BCUT2D eigenvalue weighted by molar-refractivity contribution is 5.82. The lowest BCUT2D eigenvalue weighted by atomic mass is 9.80. The first-order valence-corrected chi connectivity index (χ1v) is 27.6. The lowest BCUT2D eigenvalue weighted by molar-refractivity contribution is -0.276. The number of carbonyl (C=O) groups excluding carboxylic acids is 6. The number of hydrogen-bond donors (Lipinski definition) is 9. The molecule has 4 rings (SSSR count). The van der Waals surface area contributed by atoms with Gasteiger partial charge in [0, 0.05) is 32.1 Å². The second kappa shape index (κ2) is 27.9. The van der Waals surface area contributed by atoms with Crippen molar-refractivity contribution < 1.29 is 91.8 Å². The molecule has 1 unspecified atom stereocenters. The molecule has 0 spiro atoms. The summed E-state index contributed by atoms with van der Waals surface area (Å²) in [5, 5.41) is 60.7. The van der Waals surface area contributed by atoms with Crippen LogP contribution < -0.4 is 26.6 Å². The van der Waals surface area contributed by atoms with Crippen molar-refractivity contribution in [3.8, 4) is 0 Å². The summed E-state index contributed by atoms with van der Waals surface area (Å²) in [5.41, 5.74) is -4.25. The quantitative estimate of drug-likeness (QED) is 0.0622. The first-order chi connectivity index (χ1) is 36.7. The Hall–Kier alpha value is -4.96.